The Balaban J connectivity index is 1.96. The number of rotatable bonds is 5. The van der Waals surface area contributed by atoms with E-state index < -0.39 is 0 Å². The van der Waals surface area contributed by atoms with Crippen molar-refractivity contribution >= 4 is 22.6 Å². The normalized spacial score (nSPS) is 11.1. The molecule has 7 heteroatoms. The topological polar surface area (TPSA) is 78.3 Å². The number of ether oxygens (including phenoxy) is 2. The van der Waals surface area contributed by atoms with E-state index in [-0.39, 0.29) is 11.9 Å². The number of amides is 1. The summed E-state index contributed by atoms with van der Waals surface area (Å²) in [7, 11) is 3.14. The number of hydrogen-bond acceptors (Lipinski definition) is 5. The maximum absolute atomic E-state index is 12.9. The molecule has 1 amide bonds. The average molecular weight is 368 g/mol. The van der Waals surface area contributed by atoms with Gasteiger partial charge in [0, 0.05) is 23.2 Å². The Bertz CT molecular complexity index is 1010. The number of methoxy groups -OCH3 is 2. The summed E-state index contributed by atoms with van der Waals surface area (Å²) in [5, 5.41) is 8.15. The smallest absolute Gasteiger partial charge is 0.257 e. The van der Waals surface area contributed by atoms with Crippen LogP contribution in [0.15, 0.2) is 24.4 Å². The zero-order chi connectivity index (χ0) is 19.7. The van der Waals surface area contributed by atoms with Crippen LogP contribution in [0, 0.1) is 13.8 Å². The third kappa shape index (κ3) is 3.45. The standard InChI is InChI=1S/C20H24N4O3/c1-11(2)24-19-14(10-21-24)8-15(13(4)22-19)20(25)23-16-9-18(27-6)17(26-5)7-12(16)3/h7-11H,1-6H3,(H,23,25). The highest BCUT2D eigenvalue weighted by atomic mass is 16.5. The van der Waals surface area contributed by atoms with E-state index in [2.05, 4.69) is 15.4 Å². The van der Waals surface area contributed by atoms with Gasteiger partial charge >= 0.3 is 0 Å². The van der Waals surface area contributed by atoms with Crippen molar-refractivity contribution in [1.29, 1.82) is 0 Å². The quantitative estimate of drug-likeness (QED) is 0.739. The van der Waals surface area contributed by atoms with E-state index in [0.717, 1.165) is 16.6 Å². The molecule has 3 aromatic rings. The van der Waals surface area contributed by atoms with Crippen molar-refractivity contribution in [3.63, 3.8) is 0 Å². The number of hydrogen-bond donors (Lipinski definition) is 1. The molecule has 1 N–H and O–H groups in total. The summed E-state index contributed by atoms with van der Waals surface area (Å²) in [5.74, 6) is 0.949. The molecule has 3 rings (SSSR count). The van der Waals surface area contributed by atoms with Gasteiger partial charge in [-0.3, -0.25) is 4.79 Å². The molecule has 0 fully saturated rings. The highest BCUT2D eigenvalue weighted by Gasteiger charge is 2.17. The van der Waals surface area contributed by atoms with Gasteiger partial charge in [-0.25, -0.2) is 9.67 Å². The molecule has 0 bridgehead atoms. The predicted molar refractivity (Wildman–Crippen MR) is 105 cm³/mol. The molecule has 0 spiro atoms. The molecule has 0 saturated heterocycles. The molecular formula is C20H24N4O3. The number of pyridine rings is 1. The lowest BCUT2D eigenvalue weighted by Crippen LogP contribution is -2.15. The molecule has 7 nitrogen and oxygen atoms in total. The maximum Gasteiger partial charge on any atom is 0.257 e. The molecule has 0 saturated carbocycles. The molecule has 0 aliphatic rings. The van der Waals surface area contributed by atoms with Gasteiger partial charge in [-0.2, -0.15) is 5.10 Å². The number of aryl methyl sites for hydroxylation is 2. The van der Waals surface area contributed by atoms with Gasteiger partial charge in [0.2, 0.25) is 0 Å². The number of benzene rings is 1. The van der Waals surface area contributed by atoms with Gasteiger partial charge in [0.1, 0.15) is 0 Å². The molecule has 0 radical (unpaired) electrons. The summed E-state index contributed by atoms with van der Waals surface area (Å²) >= 11 is 0. The summed E-state index contributed by atoms with van der Waals surface area (Å²) in [5.41, 5.74) is 3.48. The van der Waals surface area contributed by atoms with Crippen LogP contribution in [0.25, 0.3) is 11.0 Å². The van der Waals surface area contributed by atoms with Crippen molar-refractivity contribution in [1.82, 2.24) is 14.8 Å². The number of carbonyl (C=O) groups excluding carboxylic acids is 1. The number of aromatic nitrogens is 3. The maximum atomic E-state index is 12.9. The molecule has 1 aromatic carbocycles. The van der Waals surface area contributed by atoms with E-state index in [9.17, 15) is 4.79 Å². The lowest BCUT2D eigenvalue weighted by Gasteiger charge is -2.14. The largest absolute Gasteiger partial charge is 0.493 e. The summed E-state index contributed by atoms with van der Waals surface area (Å²) in [6.07, 6.45) is 1.74. The van der Waals surface area contributed by atoms with Crippen LogP contribution >= 0.6 is 0 Å². The van der Waals surface area contributed by atoms with Crippen LogP contribution in [-0.2, 0) is 0 Å². The molecule has 0 aliphatic carbocycles. The number of fused-ring (bicyclic) bond motifs is 1. The van der Waals surface area contributed by atoms with Gasteiger partial charge in [-0.1, -0.05) is 0 Å². The second-order valence-electron chi connectivity index (χ2n) is 6.69. The molecule has 0 unspecified atom stereocenters. The molecular weight excluding hydrogens is 344 g/mol. The van der Waals surface area contributed by atoms with Crippen LogP contribution in [0.2, 0.25) is 0 Å². The first-order chi connectivity index (χ1) is 12.8. The van der Waals surface area contributed by atoms with E-state index >= 15 is 0 Å². The first-order valence-electron chi connectivity index (χ1n) is 8.74. The number of carbonyl (C=O) groups is 1. The zero-order valence-electron chi connectivity index (χ0n) is 16.5. The van der Waals surface area contributed by atoms with Crippen LogP contribution in [0.3, 0.4) is 0 Å². The Morgan fingerprint density at radius 2 is 1.78 bits per heavy atom. The minimum atomic E-state index is -0.227. The first kappa shape index (κ1) is 18.7. The number of nitrogens with zero attached hydrogens (tertiary/aromatic N) is 3. The van der Waals surface area contributed by atoms with Crippen molar-refractivity contribution in [3.05, 3.63) is 41.2 Å². The Kier molecular flexibility index (Phi) is 5.03. The third-order valence-electron chi connectivity index (χ3n) is 4.47. The van der Waals surface area contributed by atoms with Crippen molar-refractivity contribution in [3.8, 4) is 11.5 Å². The average Bonchev–Trinajstić information content (AvgIpc) is 3.05. The predicted octanol–water partition coefficient (Wildman–Crippen LogP) is 3.90. The van der Waals surface area contributed by atoms with Gasteiger partial charge in [0.15, 0.2) is 17.1 Å². The van der Waals surface area contributed by atoms with E-state index in [0.29, 0.717) is 28.4 Å². The van der Waals surface area contributed by atoms with Gasteiger partial charge in [-0.05, 0) is 45.4 Å². The van der Waals surface area contributed by atoms with E-state index in [4.69, 9.17) is 9.47 Å². The van der Waals surface area contributed by atoms with Crippen LogP contribution in [0.1, 0.15) is 41.5 Å². The fourth-order valence-electron chi connectivity index (χ4n) is 2.98. The summed E-state index contributed by atoms with van der Waals surface area (Å²) < 4.78 is 12.5. The molecule has 0 aliphatic heterocycles. The summed E-state index contributed by atoms with van der Waals surface area (Å²) in [6.45, 7) is 7.82. The molecule has 2 aromatic heterocycles. The lowest BCUT2D eigenvalue weighted by atomic mass is 10.1. The molecule has 142 valence electrons. The van der Waals surface area contributed by atoms with Gasteiger partial charge in [-0.15, -0.1) is 0 Å². The van der Waals surface area contributed by atoms with Crippen LogP contribution in [-0.4, -0.2) is 34.9 Å². The minimum Gasteiger partial charge on any atom is -0.493 e. The third-order valence-corrected chi connectivity index (χ3v) is 4.47. The van der Waals surface area contributed by atoms with Crippen molar-refractivity contribution in [2.75, 3.05) is 19.5 Å². The number of anilines is 1. The Labute approximate surface area is 158 Å². The highest BCUT2D eigenvalue weighted by molar-refractivity contribution is 6.07. The second kappa shape index (κ2) is 7.26. The lowest BCUT2D eigenvalue weighted by molar-refractivity contribution is 0.102. The van der Waals surface area contributed by atoms with E-state index in [1.54, 1.807) is 26.5 Å². The SMILES string of the molecule is COc1cc(C)c(NC(=O)c2cc3cnn(C(C)C)c3nc2C)cc1OC. The van der Waals surface area contributed by atoms with E-state index in [1.807, 2.05) is 44.5 Å². The monoisotopic (exact) mass is 368 g/mol. The molecule has 27 heavy (non-hydrogen) atoms. The van der Waals surface area contributed by atoms with Gasteiger partial charge in [0.25, 0.3) is 5.91 Å². The first-order valence-corrected chi connectivity index (χ1v) is 8.74. The Morgan fingerprint density at radius 3 is 2.41 bits per heavy atom. The Morgan fingerprint density at radius 1 is 1.11 bits per heavy atom. The summed E-state index contributed by atoms with van der Waals surface area (Å²) in [6, 6.07) is 5.61. The number of nitrogens with one attached hydrogen (secondary N) is 1. The van der Waals surface area contributed by atoms with E-state index in [1.165, 1.54) is 0 Å². The van der Waals surface area contributed by atoms with Gasteiger partial charge < -0.3 is 14.8 Å². The fraction of sp³-hybridized carbons (Fsp3) is 0.350. The second-order valence-corrected chi connectivity index (χ2v) is 6.69. The van der Waals surface area contributed by atoms with Crippen LogP contribution in [0.5, 0.6) is 11.5 Å². The minimum absolute atomic E-state index is 0.198. The Hall–Kier alpha value is -3.09. The zero-order valence-corrected chi connectivity index (χ0v) is 16.5. The van der Waals surface area contributed by atoms with Crippen LogP contribution in [0.4, 0.5) is 5.69 Å². The van der Waals surface area contributed by atoms with Crippen molar-refractivity contribution < 1.29 is 14.3 Å². The molecule has 0 atom stereocenters. The highest BCUT2D eigenvalue weighted by Crippen LogP contribution is 2.33. The van der Waals surface area contributed by atoms with Crippen LogP contribution < -0.4 is 14.8 Å². The van der Waals surface area contributed by atoms with Crippen molar-refractivity contribution in [2.45, 2.75) is 33.7 Å². The van der Waals surface area contributed by atoms with Crippen molar-refractivity contribution in [2.24, 2.45) is 0 Å². The van der Waals surface area contributed by atoms with Gasteiger partial charge in [0.05, 0.1) is 31.7 Å². The summed E-state index contributed by atoms with van der Waals surface area (Å²) in [4.78, 5) is 17.5. The molecule has 2 heterocycles. The fourth-order valence-corrected chi connectivity index (χ4v) is 2.98.